The van der Waals surface area contributed by atoms with E-state index in [1.807, 2.05) is 24.3 Å². The van der Waals surface area contributed by atoms with Crippen molar-refractivity contribution < 1.29 is 5.21 Å². The fourth-order valence-electron chi connectivity index (χ4n) is 1.12. The number of para-hydroxylation sites is 1. The van der Waals surface area contributed by atoms with Crippen molar-refractivity contribution in [2.75, 3.05) is 0 Å². The Hall–Kier alpha value is -0.960. The minimum absolute atomic E-state index is 0.819. The van der Waals surface area contributed by atoms with Gasteiger partial charge in [-0.25, -0.2) is 0 Å². The smallest absolute Gasteiger partial charge is 0.0877 e. The van der Waals surface area contributed by atoms with Gasteiger partial charge >= 0.3 is 0 Å². The summed E-state index contributed by atoms with van der Waals surface area (Å²) >= 11 is 3.34. The first-order valence-electron chi connectivity index (χ1n) is 3.24. The first kappa shape index (κ1) is 6.73. The van der Waals surface area contributed by atoms with Crippen LogP contribution in [0.3, 0.4) is 0 Å². The van der Waals surface area contributed by atoms with Gasteiger partial charge in [0.25, 0.3) is 0 Å². The Balaban J connectivity index is 2.95. The molecule has 0 amide bonds. The van der Waals surface area contributed by atoms with Crippen LogP contribution >= 0.6 is 15.9 Å². The van der Waals surface area contributed by atoms with Crippen molar-refractivity contribution in [2.45, 2.75) is 0 Å². The summed E-state index contributed by atoms with van der Waals surface area (Å²) in [5.74, 6) is 0. The van der Waals surface area contributed by atoms with Crippen LogP contribution in [-0.4, -0.2) is 9.94 Å². The lowest BCUT2D eigenvalue weighted by Gasteiger charge is -1.91. The van der Waals surface area contributed by atoms with E-state index in [0.29, 0.717) is 0 Å². The second-order valence-corrected chi connectivity index (χ2v) is 3.19. The van der Waals surface area contributed by atoms with Crippen molar-refractivity contribution in [3.05, 3.63) is 34.9 Å². The number of aromatic nitrogens is 1. The molecule has 56 valence electrons. The molecule has 1 heterocycles. The van der Waals surface area contributed by atoms with Crippen LogP contribution in [-0.2, 0) is 0 Å². The first-order valence-corrected chi connectivity index (χ1v) is 4.03. The Morgan fingerprint density at radius 2 is 2.00 bits per heavy atom. The highest BCUT2D eigenvalue weighted by Crippen LogP contribution is 2.24. The third-order valence-corrected chi connectivity index (χ3v) is 2.28. The summed E-state index contributed by atoms with van der Waals surface area (Å²) in [6, 6.07) is 7.64. The van der Waals surface area contributed by atoms with Crippen molar-refractivity contribution in [1.29, 1.82) is 0 Å². The average Bonchev–Trinajstić information content (AvgIpc) is 2.30. The predicted octanol–water partition coefficient (Wildman–Crippen LogP) is 2.64. The molecular formula is C8H6BrNO. The molecule has 11 heavy (non-hydrogen) atoms. The van der Waals surface area contributed by atoms with Gasteiger partial charge in [-0.05, 0) is 22.0 Å². The highest BCUT2D eigenvalue weighted by atomic mass is 79.9. The molecule has 3 heteroatoms. The Kier molecular flexibility index (Phi) is 1.39. The van der Waals surface area contributed by atoms with Crippen molar-refractivity contribution in [3.63, 3.8) is 0 Å². The summed E-state index contributed by atoms with van der Waals surface area (Å²) in [5, 5.41) is 10.3. The fraction of sp³-hybridized carbons (Fsp3) is 0. The van der Waals surface area contributed by atoms with Gasteiger partial charge in [0, 0.05) is 9.86 Å². The third kappa shape index (κ3) is 0.922. The van der Waals surface area contributed by atoms with E-state index < -0.39 is 0 Å². The molecule has 0 bridgehead atoms. The second kappa shape index (κ2) is 2.27. The molecule has 2 nitrogen and oxygen atoms in total. The highest BCUT2D eigenvalue weighted by Gasteiger charge is 2.02. The normalized spacial score (nSPS) is 10.6. The SMILES string of the molecule is On1cc(Br)c2ccccc21. The van der Waals surface area contributed by atoms with Crippen molar-refractivity contribution in [3.8, 4) is 0 Å². The molecule has 1 N–H and O–H groups in total. The molecule has 0 unspecified atom stereocenters. The van der Waals surface area contributed by atoms with E-state index in [1.165, 1.54) is 0 Å². The van der Waals surface area contributed by atoms with E-state index in [1.54, 1.807) is 6.20 Å². The van der Waals surface area contributed by atoms with Gasteiger partial charge in [-0.3, -0.25) is 0 Å². The van der Waals surface area contributed by atoms with Gasteiger partial charge in [0.15, 0.2) is 0 Å². The zero-order valence-electron chi connectivity index (χ0n) is 5.66. The zero-order chi connectivity index (χ0) is 7.84. The lowest BCUT2D eigenvalue weighted by atomic mass is 10.3. The number of nitrogens with zero attached hydrogens (tertiary/aromatic N) is 1. The van der Waals surface area contributed by atoms with E-state index >= 15 is 0 Å². The molecule has 1 aromatic heterocycles. The quantitative estimate of drug-likeness (QED) is 0.667. The van der Waals surface area contributed by atoms with Crippen LogP contribution in [0.5, 0.6) is 0 Å². The van der Waals surface area contributed by atoms with Gasteiger partial charge in [0.2, 0.25) is 0 Å². The predicted molar refractivity (Wildman–Crippen MR) is 46.8 cm³/mol. The Bertz CT molecular complexity index is 358. The first-order chi connectivity index (χ1) is 5.29. The molecule has 0 fully saturated rings. The molecule has 0 saturated carbocycles. The maximum atomic E-state index is 9.28. The molecule has 0 aliphatic heterocycles. The van der Waals surface area contributed by atoms with E-state index in [4.69, 9.17) is 0 Å². The Labute approximate surface area is 72.1 Å². The summed E-state index contributed by atoms with van der Waals surface area (Å²) in [4.78, 5) is 0. The monoisotopic (exact) mass is 211 g/mol. The van der Waals surface area contributed by atoms with Gasteiger partial charge in [-0.2, -0.15) is 4.73 Å². The minimum atomic E-state index is 0.819. The van der Waals surface area contributed by atoms with Gasteiger partial charge in [-0.15, -0.1) is 0 Å². The van der Waals surface area contributed by atoms with Crippen LogP contribution in [0.25, 0.3) is 10.9 Å². The third-order valence-electron chi connectivity index (χ3n) is 1.64. The average molecular weight is 212 g/mol. The second-order valence-electron chi connectivity index (χ2n) is 2.34. The molecule has 0 aliphatic carbocycles. The number of benzene rings is 1. The molecule has 0 atom stereocenters. The van der Waals surface area contributed by atoms with Gasteiger partial charge < -0.3 is 5.21 Å². The molecule has 0 spiro atoms. The maximum Gasteiger partial charge on any atom is 0.0877 e. The van der Waals surface area contributed by atoms with Gasteiger partial charge in [-0.1, -0.05) is 18.2 Å². The number of fused-ring (bicyclic) bond motifs is 1. The zero-order valence-corrected chi connectivity index (χ0v) is 7.25. The van der Waals surface area contributed by atoms with Crippen molar-refractivity contribution in [1.82, 2.24) is 4.73 Å². The van der Waals surface area contributed by atoms with Crippen molar-refractivity contribution >= 4 is 26.8 Å². The molecule has 2 rings (SSSR count). The van der Waals surface area contributed by atoms with E-state index in [-0.39, 0.29) is 0 Å². The summed E-state index contributed by atoms with van der Waals surface area (Å²) < 4.78 is 2.02. The summed E-state index contributed by atoms with van der Waals surface area (Å²) in [7, 11) is 0. The molecule has 0 radical (unpaired) electrons. The Morgan fingerprint density at radius 3 is 2.73 bits per heavy atom. The summed E-state index contributed by atoms with van der Waals surface area (Å²) in [6.07, 6.45) is 1.63. The van der Waals surface area contributed by atoms with E-state index in [9.17, 15) is 5.21 Å². The number of halogens is 1. The van der Waals surface area contributed by atoms with Crippen LogP contribution in [0.15, 0.2) is 34.9 Å². The number of hydrogen-bond acceptors (Lipinski definition) is 1. The van der Waals surface area contributed by atoms with E-state index in [2.05, 4.69) is 15.9 Å². The van der Waals surface area contributed by atoms with Crippen LogP contribution in [0.4, 0.5) is 0 Å². The molecular weight excluding hydrogens is 206 g/mol. The molecule has 1 aromatic carbocycles. The lowest BCUT2D eigenvalue weighted by molar-refractivity contribution is 0.200. The van der Waals surface area contributed by atoms with E-state index in [0.717, 1.165) is 20.1 Å². The van der Waals surface area contributed by atoms with Crippen molar-refractivity contribution in [2.24, 2.45) is 0 Å². The topological polar surface area (TPSA) is 25.2 Å². The highest BCUT2D eigenvalue weighted by molar-refractivity contribution is 9.10. The fourth-order valence-corrected chi connectivity index (χ4v) is 1.65. The summed E-state index contributed by atoms with van der Waals surface area (Å²) in [5.41, 5.74) is 0.819. The number of rotatable bonds is 0. The van der Waals surface area contributed by atoms with Crippen LogP contribution < -0.4 is 0 Å². The summed E-state index contributed by atoms with van der Waals surface area (Å²) in [6.45, 7) is 0. The lowest BCUT2D eigenvalue weighted by Crippen LogP contribution is -1.83. The Morgan fingerprint density at radius 1 is 1.27 bits per heavy atom. The van der Waals surface area contributed by atoms with Gasteiger partial charge in [0.05, 0.1) is 11.7 Å². The standard InChI is InChI=1S/C8H6BrNO/c9-7-5-10(11)8-4-2-1-3-6(7)8/h1-5,11H. The number of hydrogen-bond donors (Lipinski definition) is 1. The molecule has 0 saturated heterocycles. The van der Waals surface area contributed by atoms with Crippen LogP contribution in [0.2, 0.25) is 0 Å². The van der Waals surface area contributed by atoms with Gasteiger partial charge in [0.1, 0.15) is 0 Å². The van der Waals surface area contributed by atoms with Crippen LogP contribution in [0.1, 0.15) is 0 Å². The molecule has 2 aromatic rings. The van der Waals surface area contributed by atoms with Crippen LogP contribution in [0, 0.1) is 0 Å². The largest absolute Gasteiger partial charge is 0.428 e. The molecule has 0 aliphatic rings. The minimum Gasteiger partial charge on any atom is -0.428 e. The maximum absolute atomic E-state index is 9.28.